The average molecular weight is 363 g/mol. The standard InChI is InChI=1S/C17H12ClFN2O2S/c18-12-3-1-11(2-4-12)15-10-24-17(20-15)21-16(22)9-23-14-7-5-13(19)6-8-14/h1-8,10H,9H2,(H,20,21,22). The van der Waals surface area contributed by atoms with Crippen molar-refractivity contribution in [2.45, 2.75) is 0 Å². The van der Waals surface area contributed by atoms with E-state index in [1.807, 2.05) is 17.5 Å². The molecule has 0 saturated heterocycles. The van der Waals surface area contributed by atoms with Gasteiger partial charge in [0, 0.05) is 16.0 Å². The summed E-state index contributed by atoms with van der Waals surface area (Å²) in [5.74, 6) is -0.270. The fraction of sp³-hybridized carbons (Fsp3) is 0.0588. The van der Waals surface area contributed by atoms with E-state index < -0.39 is 0 Å². The molecule has 1 heterocycles. The Morgan fingerprint density at radius 1 is 1.17 bits per heavy atom. The summed E-state index contributed by atoms with van der Waals surface area (Å²) in [4.78, 5) is 16.2. The molecule has 1 N–H and O–H groups in total. The van der Waals surface area contributed by atoms with Crippen LogP contribution in [0.25, 0.3) is 11.3 Å². The molecule has 2 aromatic carbocycles. The van der Waals surface area contributed by atoms with E-state index in [9.17, 15) is 9.18 Å². The molecule has 0 spiro atoms. The zero-order chi connectivity index (χ0) is 16.9. The van der Waals surface area contributed by atoms with Gasteiger partial charge in [-0.3, -0.25) is 10.1 Å². The zero-order valence-electron chi connectivity index (χ0n) is 12.3. The number of carbonyl (C=O) groups excluding carboxylic acids is 1. The van der Waals surface area contributed by atoms with Crippen molar-refractivity contribution in [1.82, 2.24) is 4.98 Å². The van der Waals surface area contributed by atoms with Gasteiger partial charge in [-0.1, -0.05) is 23.7 Å². The predicted octanol–water partition coefficient (Wildman–Crippen LogP) is 4.62. The van der Waals surface area contributed by atoms with E-state index in [1.165, 1.54) is 35.6 Å². The minimum atomic E-state index is -0.357. The van der Waals surface area contributed by atoms with Crippen molar-refractivity contribution < 1.29 is 13.9 Å². The highest BCUT2D eigenvalue weighted by atomic mass is 35.5. The molecule has 7 heteroatoms. The number of amides is 1. The molecule has 0 bridgehead atoms. The van der Waals surface area contributed by atoms with Crippen LogP contribution < -0.4 is 10.1 Å². The number of aromatic nitrogens is 1. The minimum Gasteiger partial charge on any atom is -0.484 e. The summed E-state index contributed by atoms with van der Waals surface area (Å²) in [6.07, 6.45) is 0. The third-order valence-electron chi connectivity index (χ3n) is 3.07. The highest BCUT2D eigenvalue weighted by Crippen LogP contribution is 2.25. The number of halogens is 2. The van der Waals surface area contributed by atoms with Gasteiger partial charge in [0.15, 0.2) is 11.7 Å². The number of thiazole rings is 1. The average Bonchev–Trinajstić information content (AvgIpc) is 3.03. The Balaban J connectivity index is 1.57. The molecular formula is C17H12ClFN2O2S. The number of rotatable bonds is 5. The van der Waals surface area contributed by atoms with Gasteiger partial charge in [-0.15, -0.1) is 11.3 Å². The summed E-state index contributed by atoms with van der Waals surface area (Å²) in [6.45, 7) is -0.179. The highest BCUT2D eigenvalue weighted by Gasteiger charge is 2.09. The van der Waals surface area contributed by atoms with E-state index in [2.05, 4.69) is 10.3 Å². The van der Waals surface area contributed by atoms with Crippen LogP contribution in [0.1, 0.15) is 0 Å². The predicted molar refractivity (Wildman–Crippen MR) is 93.1 cm³/mol. The molecule has 0 radical (unpaired) electrons. The molecule has 3 aromatic rings. The fourth-order valence-corrected chi connectivity index (χ4v) is 2.78. The maximum absolute atomic E-state index is 12.8. The topological polar surface area (TPSA) is 51.2 Å². The van der Waals surface area contributed by atoms with Crippen LogP contribution in [-0.4, -0.2) is 17.5 Å². The van der Waals surface area contributed by atoms with Gasteiger partial charge in [0.2, 0.25) is 0 Å². The largest absolute Gasteiger partial charge is 0.484 e. The monoisotopic (exact) mass is 362 g/mol. The molecular weight excluding hydrogens is 351 g/mol. The molecule has 4 nitrogen and oxygen atoms in total. The van der Waals surface area contributed by atoms with Gasteiger partial charge in [0.1, 0.15) is 11.6 Å². The number of hydrogen-bond acceptors (Lipinski definition) is 4. The van der Waals surface area contributed by atoms with Gasteiger partial charge < -0.3 is 4.74 Å². The van der Waals surface area contributed by atoms with E-state index in [-0.39, 0.29) is 18.3 Å². The maximum Gasteiger partial charge on any atom is 0.264 e. The third kappa shape index (κ3) is 4.31. The Hall–Kier alpha value is -2.44. The number of hydrogen-bond donors (Lipinski definition) is 1. The number of nitrogens with zero attached hydrogens (tertiary/aromatic N) is 1. The van der Waals surface area contributed by atoms with Crippen molar-refractivity contribution in [2.75, 3.05) is 11.9 Å². The van der Waals surface area contributed by atoms with E-state index in [4.69, 9.17) is 16.3 Å². The maximum atomic E-state index is 12.8. The second-order valence-electron chi connectivity index (χ2n) is 4.84. The van der Waals surface area contributed by atoms with Crippen LogP contribution in [0.4, 0.5) is 9.52 Å². The molecule has 0 aliphatic rings. The second-order valence-corrected chi connectivity index (χ2v) is 6.13. The number of ether oxygens (including phenoxy) is 1. The summed E-state index contributed by atoms with van der Waals surface area (Å²) in [6, 6.07) is 12.8. The summed E-state index contributed by atoms with van der Waals surface area (Å²) in [5, 5.41) is 5.65. The van der Waals surface area contributed by atoms with Gasteiger partial charge in [0.25, 0.3) is 5.91 Å². The van der Waals surface area contributed by atoms with Crippen molar-refractivity contribution in [3.8, 4) is 17.0 Å². The third-order valence-corrected chi connectivity index (χ3v) is 4.08. The zero-order valence-corrected chi connectivity index (χ0v) is 13.9. The summed E-state index contributed by atoms with van der Waals surface area (Å²) in [5.41, 5.74) is 1.67. The van der Waals surface area contributed by atoms with Crippen LogP contribution in [0.15, 0.2) is 53.9 Å². The second kappa shape index (κ2) is 7.42. The molecule has 0 atom stereocenters. The van der Waals surface area contributed by atoms with Crippen LogP contribution in [0.5, 0.6) is 5.75 Å². The lowest BCUT2D eigenvalue weighted by molar-refractivity contribution is -0.118. The Morgan fingerprint density at radius 2 is 1.88 bits per heavy atom. The Bertz CT molecular complexity index is 835. The molecule has 24 heavy (non-hydrogen) atoms. The molecule has 1 amide bonds. The van der Waals surface area contributed by atoms with Crippen LogP contribution >= 0.6 is 22.9 Å². The summed E-state index contributed by atoms with van der Waals surface area (Å²) >= 11 is 7.18. The summed E-state index contributed by atoms with van der Waals surface area (Å²) in [7, 11) is 0. The van der Waals surface area contributed by atoms with Crippen LogP contribution in [0.3, 0.4) is 0 Å². The summed E-state index contributed by atoms with van der Waals surface area (Å²) < 4.78 is 18.1. The van der Waals surface area contributed by atoms with Gasteiger partial charge in [0.05, 0.1) is 5.69 Å². The molecule has 0 saturated carbocycles. The van der Waals surface area contributed by atoms with Gasteiger partial charge in [-0.05, 0) is 36.4 Å². The smallest absolute Gasteiger partial charge is 0.264 e. The molecule has 122 valence electrons. The van der Waals surface area contributed by atoms with Crippen molar-refractivity contribution in [3.63, 3.8) is 0 Å². The van der Waals surface area contributed by atoms with Crippen molar-refractivity contribution >= 4 is 34.0 Å². The lowest BCUT2D eigenvalue weighted by Gasteiger charge is -2.05. The van der Waals surface area contributed by atoms with Crippen molar-refractivity contribution in [3.05, 3.63) is 64.8 Å². The number of benzene rings is 2. The van der Waals surface area contributed by atoms with Crippen molar-refractivity contribution in [2.24, 2.45) is 0 Å². The Morgan fingerprint density at radius 3 is 2.58 bits per heavy atom. The molecule has 0 aliphatic carbocycles. The SMILES string of the molecule is O=C(COc1ccc(F)cc1)Nc1nc(-c2ccc(Cl)cc2)cs1. The van der Waals surface area contributed by atoms with Crippen LogP contribution in [-0.2, 0) is 4.79 Å². The van der Waals surface area contributed by atoms with E-state index in [1.54, 1.807) is 12.1 Å². The molecule has 1 aromatic heterocycles. The van der Waals surface area contributed by atoms with E-state index in [0.717, 1.165) is 11.3 Å². The Labute approximate surface area is 146 Å². The van der Waals surface area contributed by atoms with Gasteiger partial charge >= 0.3 is 0 Å². The quantitative estimate of drug-likeness (QED) is 0.720. The minimum absolute atomic E-state index is 0.179. The molecule has 3 rings (SSSR count). The normalized spacial score (nSPS) is 10.4. The van der Waals surface area contributed by atoms with Crippen LogP contribution in [0.2, 0.25) is 5.02 Å². The first-order valence-electron chi connectivity index (χ1n) is 7.00. The molecule has 0 unspecified atom stereocenters. The molecule has 0 fully saturated rings. The number of anilines is 1. The fourth-order valence-electron chi connectivity index (χ4n) is 1.92. The highest BCUT2D eigenvalue weighted by molar-refractivity contribution is 7.14. The van der Waals surface area contributed by atoms with E-state index in [0.29, 0.717) is 15.9 Å². The Kier molecular flexibility index (Phi) is 5.08. The first-order valence-corrected chi connectivity index (χ1v) is 8.25. The van der Waals surface area contributed by atoms with Crippen LogP contribution in [0, 0.1) is 5.82 Å². The van der Waals surface area contributed by atoms with Crippen molar-refractivity contribution in [1.29, 1.82) is 0 Å². The lowest BCUT2D eigenvalue weighted by Crippen LogP contribution is -2.20. The van der Waals surface area contributed by atoms with E-state index >= 15 is 0 Å². The molecule has 0 aliphatic heterocycles. The van der Waals surface area contributed by atoms with Gasteiger partial charge in [-0.2, -0.15) is 0 Å². The first-order chi connectivity index (χ1) is 11.6. The van der Waals surface area contributed by atoms with Gasteiger partial charge in [-0.25, -0.2) is 9.37 Å². The lowest BCUT2D eigenvalue weighted by atomic mass is 10.2. The first kappa shape index (κ1) is 16.4. The number of nitrogens with one attached hydrogen (secondary N) is 1. The number of carbonyl (C=O) groups is 1.